The summed E-state index contributed by atoms with van der Waals surface area (Å²) in [5.41, 5.74) is 0.202. The zero-order chi connectivity index (χ0) is 30.6. The Balaban J connectivity index is 1.43. The molecule has 5 rings (SSSR count). The van der Waals surface area contributed by atoms with Crippen LogP contribution in [0.15, 0.2) is 30.6 Å². The van der Waals surface area contributed by atoms with Crippen molar-refractivity contribution in [3.05, 3.63) is 46.7 Å². The third-order valence-corrected chi connectivity index (χ3v) is 8.74. The second-order valence-corrected chi connectivity index (χ2v) is 13.8. The molecule has 3 atom stereocenters. The fourth-order valence-corrected chi connectivity index (χ4v) is 6.44. The van der Waals surface area contributed by atoms with Crippen LogP contribution in [-0.4, -0.2) is 81.0 Å². The summed E-state index contributed by atoms with van der Waals surface area (Å²) >= 11 is 6.20. The predicted octanol–water partition coefficient (Wildman–Crippen LogP) is 4.97. The van der Waals surface area contributed by atoms with Crippen molar-refractivity contribution >= 4 is 41.1 Å². The van der Waals surface area contributed by atoms with Gasteiger partial charge in [0.15, 0.2) is 0 Å². The number of halogens is 1. The maximum atomic E-state index is 14.5. The van der Waals surface area contributed by atoms with Crippen molar-refractivity contribution in [2.24, 2.45) is 0 Å². The molecule has 2 aromatic rings. The number of rotatable bonds is 6. The molecule has 1 N–H and O–H groups in total. The minimum atomic E-state index is -0.750. The van der Waals surface area contributed by atoms with Crippen LogP contribution < -0.4 is 10.2 Å². The SMILES string of the molecule is CC(C)N(C[C@@H](C(=O)N1C2CCC1CN(c1ncnc3c1C(C)(C)C(=O)N3)C2)c1ccc(Cl)cc1)C(=O)OC(C)(C)C. The van der Waals surface area contributed by atoms with Crippen molar-refractivity contribution in [3.8, 4) is 0 Å². The van der Waals surface area contributed by atoms with E-state index in [0.717, 1.165) is 29.8 Å². The number of hydrogen-bond donors (Lipinski definition) is 1. The van der Waals surface area contributed by atoms with Crippen LogP contribution in [0.4, 0.5) is 16.4 Å². The Morgan fingerprint density at radius 2 is 1.74 bits per heavy atom. The fraction of sp³-hybridized carbons (Fsp3) is 0.581. The van der Waals surface area contributed by atoms with E-state index in [-0.39, 0.29) is 36.5 Å². The van der Waals surface area contributed by atoms with Crippen molar-refractivity contribution in [2.75, 3.05) is 29.9 Å². The van der Waals surface area contributed by atoms with Crippen LogP contribution in [0.5, 0.6) is 0 Å². The van der Waals surface area contributed by atoms with E-state index in [0.29, 0.717) is 23.9 Å². The molecule has 3 aliphatic heterocycles. The molecule has 0 aliphatic carbocycles. The molecule has 2 fully saturated rings. The summed E-state index contributed by atoms with van der Waals surface area (Å²) in [6, 6.07) is 7.07. The molecule has 1 aromatic heterocycles. The lowest BCUT2D eigenvalue weighted by molar-refractivity contribution is -0.136. The molecule has 0 spiro atoms. The first kappa shape index (κ1) is 30.1. The van der Waals surface area contributed by atoms with Crippen LogP contribution in [0.3, 0.4) is 0 Å². The summed E-state index contributed by atoms with van der Waals surface area (Å²) in [5, 5.41) is 3.47. The van der Waals surface area contributed by atoms with Gasteiger partial charge in [0.25, 0.3) is 0 Å². The number of anilines is 2. The van der Waals surface area contributed by atoms with Gasteiger partial charge in [-0.15, -0.1) is 0 Å². The maximum Gasteiger partial charge on any atom is 0.410 e. The number of carbonyl (C=O) groups is 3. The number of piperazine rings is 1. The summed E-state index contributed by atoms with van der Waals surface area (Å²) in [5.74, 6) is 0.610. The van der Waals surface area contributed by atoms with E-state index < -0.39 is 23.0 Å². The van der Waals surface area contributed by atoms with Gasteiger partial charge in [-0.05, 0) is 79.0 Å². The molecule has 3 amide bonds. The topological polar surface area (TPSA) is 108 Å². The molecule has 2 unspecified atom stereocenters. The largest absolute Gasteiger partial charge is 0.444 e. The van der Waals surface area contributed by atoms with E-state index in [1.165, 1.54) is 6.33 Å². The third kappa shape index (κ3) is 5.65. The molecule has 10 nitrogen and oxygen atoms in total. The smallest absolute Gasteiger partial charge is 0.410 e. The van der Waals surface area contributed by atoms with Crippen molar-refractivity contribution in [2.45, 2.75) is 96.4 Å². The molecule has 2 bridgehead atoms. The summed E-state index contributed by atoms with van der Waals surface area (Å²) < 4.78 is 5.71. The highest BCUT2D eigenvalue weighted by Gasteiger charge is 2.48. The molecule has 4 heterocycles. The number of ether oxygens (including phenoxy) is 1. The molecule has 3 aliphatic rings. The zero-order valence-corrected chi connectivity index (χ0v) is 26.2. The average molecular weight is 597 g/mol. The Morgan fingerprint density at radius 1 is 1.12 bits per heavy atom. The quantitative estimate of drug-likeness (QED) is 0.502. The van der Waals surface area contributed by atoms with Crippen molar-refractivity contribution in [3.63, 3.8) is 0 Å². The van der Waals surface area contributed by atoms with Gasteiger partial charge >= 0.3 is 6.09 Å². The van der Waals surface area contributed by atoms with Crippen molar-refractivity contribution in [1.29, 1.82) is 0 Å². The van der Waals surface area contributed by atoms with Crippen LogP contribution in [0.1, 0.15) is 78.4 Å². The molecular weight excluding hydrogens is 556 g/mol. The molecule has 0 saturated carbocycles. The van der Waals surface area contributed by atoms with Crippen molar-refractivity contribution < 1.29 is 19.1 Å². The van der Waals surface area contributed by atoms with Gasteiger partial charge in [0.1, 0.15) is 23.6 Å². The minimum Gasteiger partial charge on any atom is -0.444 e. The Hall–Kier alpha value is -3.40. The molecule has 42 heavy (non-hydrogen) atoms. The predicted molar refractivity (Wildman–Crippen MR) is 162 cm³/mol. The van der Waals surface area contributed by atoms with Crippen LogP contribution >= 0.6 is 11.6 Å². The van der Waals surface area contributed by atoms with Gasteiger partial charge in [0.2, 0.25) is 11.8 Å². The van der Waals surface area contributed by atoms with Gasteiger partial charge < -0.3 is 24.8 Å². The summed E-state index contributed by atoms with van der Waals surface area (Å²) in [6.07, 6.45) is 2.78. The van der Waals surface area contributed by atoms with Crippen LogP contribution in [-0.2, 0) is 19.7 Å². The van der Waals surface area contributed by atoms with E-state index in [4.69, 9.17) is 16.3 Å². The standard InChI is InChI=1S/C31H41ClN6O4/c1-18(2)37(29(41)42-30(3,4)5)16-23(19-8-10-20(32)11-9-19)27(39)38-21-12-13-22(38)15-36(14-21)26-24-25(33-17-34-26)35-28(40)31(24,6)7/h8-11,17-18,21-23H,12-16H2,1-7H3,(H,33,34,35,40)/t21?,22?,23-/m1/s1. The highest BCUT2D eigenvalue weighted by molar-refractivity contribution is 6.30. The van der Waals surface area contributed by atoms with Gasteiger partial charge in [-0.1, -0.05) is 23.7 Å². The number of carbonyl (C=O) groups excluding carboxylic acids is 3. The minimum absolute atomic E-state index is 0.0104. The van der Waals surface area contributed by atoms with E-state index in [1.807, 2.05) is 65.5 Å². The maximum absolute atomic E-state index is 14.5. The average Bonchev–Trinajstić information content (AvgIpc) is 3.30. The first-order valence-corrected chi connectivity index (χ1v) is 15.0. The fourth-order valence-electron chi connectivity index (χ4n) is 6.31. The summed E-state index contributed by atoms with van der Waals surface area (Å²) in [4.78, 5) is 55.2. The number of nitrogens with one attached hydrogen (secondary N) is 1. The number of nitrogens with zero attached hydrogens (tertiary/aromatic N) is 5. The van der Waals surface area contributed by atoms with Crippen LogP contribution in [0.25, 0.3) is 0 Å². The Kier molecular flexibility index (Phi) is 7.89. The monoisotopic (exact) mass is 596 g/mol. The number of benzene rings is 1. The Labute approximate surface area is 252 Å². The molecule has 0 radical (unpaired) electrons. The van der Waals surface area contributed by atoms with E-state index in [9.17, 15) is 14.4 Å². The Morgan fingerprint density at radius 3 is 2.31 bits per heavy atom. The van der Waals surface area contributed by atoms with Gasteiger partial charge in [0.05, 0.1) is 16.9 Å². The molecule has 11 heteroatoms. The normalized spacial score (nSPS) is 21.7. The van der Waals surface area contributed by atoms with Crippen LogP contribution in [0, 0.1) is 0 Å². The van der Waals surface area contributed by atoms with Gasteiger partial charge in [0, 0.05) is 42.8 Å². The molecule has 2 saturated heterocycles. The van der Waals surface area contributed by atoms with Gasteiger partial charge in [-0.3, -0.25) is 9.59 Å². The van der Waals surface area contributed by atoms with E-state index >= 15 is 0 Å². The first-order chi connectivity index (χ1) is 19.7. The molecular formula is C31H41ClN6O4. The summed E-state index contributed by atoms with van der Waals surface area (Å²) in [7, 11) is 0. The van der Waals surface area contributed by atoms with E-state index in [1.54, 1.807) is 17.0 Å². The summed E-state index contributed by atoms with van der Waals surface area (Å²) in [6.45, 7) is 14.5. The van der Waals surface area contributed by atoms with Crippen molar-refractivity contribution in [1.82, 2.24) is 19.8 Å². The lowest BCUT2D eigenvalue weighted by Crippen LogP contribution is -2.58. The second-order valence-electron chi connectivity index (χ2n) is 13.4. The van der Waals surface area contributed by atoms with E-state index in [2.05, 4.69) is 20.2 Å². The highest BCUT2D eigenvalue weighted by Crippen LogP contribution is 2.43. The number of amides is 3. The number of aromatic nitrogens is 2. The number of hydrogen-bond acceptors (Lipinski definition) is 7. The highest BCUT2D eigenvalue weighted by atomic mass is 35.5. The van der Waals surface area contributed by atoms with Crippen LogP contribution in [0.2, 0.25) is 5.02 Å². The third-order valence-electron chi connectivity index (χ3n) is 8.49. The van der Waals surface area contributed by atoms with Gasteiger partial charge in [-0.25, -0.2) is 14.8 Å². The zero-order valence-electron chi connectivity index (χ0n) is 25.5. The Bertz CT molecular complexity index is 1360. The molecule has 1 aromatic carbocycles. The second kappa shape index (κ2) is 11.0. The lowest BCUT2D eigenvalue weighted by atomic mass is 9.86. The molecule has 226 valence electrons. The first-order valence-electron chi connectivity index (χ1n) is 14.7. The van der Waals surface area contributed by atoms with Gasteiger partial charge in [-0.2, -0.15) is 0 Å². The lowest BCUT2D eigenvalue weighted by Gasteiger charge is -2.44. The number of fused-ring (bicyclic) bond motifs is 3.